The van der Waals surface area contributed by atoms with Gasteiger partial charge in [0.15, 0.2) is 0 Å². The molecule has 6 nitrogen and oxygen atoms in total. The molecule has 0 amide bonds. The second-order valence-corrected chi connectivity index (χ2v) is 6.43. The summed E-state index contributed by atoms with van der Waals surface area (Å²) >= 11 is 0. The van der Waals surface area contributed by atoms with E-state index in [1.54, 1.807) is 4.52 Å². The van der Waals surface area contributed by atoms with Crippen LogP contribution in [0, 0.1) is 19.8 Å². The van der Waals surface area contributed by atoms with Gasteiger partial charge in [-0.05, 0) is 39.5 Å². The molecule has 0 fully saturated rings. The van der Waals surface area contributed by atoms with Crippen LogP contribution >= 0.6 is 0 Å². The van der Waals surface area contributed by atoms with Crippen molar-refractivity contribution in [3.63, 3.8) is 0 Å². The van der Waals surface area contributed by atoms with E-state index in [4.69, 9.17) is 0 Å². The number of nitrogens with zero attached hydrogens (tertiary/aromatic N) is 4. The van der Waals surface area contributed by atoms with Gasteiger partial charge in [0, 0.05) is 17.8 Å². The van der Waals surface area contributed by atoms with Gasteiger partial charge in [0.05, 0.1) is 5.60 Å². The van der Waals surface area contributed by atoms with Crippen LogP contribution in [0.25, 0.3) is 5.78 Å². The Bertz CT molecular complexity index is 618. The van der Waals surface area contributed by atoms with Crippen LogP contribution in [0.15, 0.2) is 6.33 Å². The van der Waals surface area contributed by atoms with Gasteiger partial charge in [-0.25, -0.2) is 4.98 Å². The van der Waals surface area contributed by atoms with Crippen LogP contribution < -0.4 is 5.32 Å². The smallest absolute Gasteiger partial charge is 0.254 e. The Morgan fingerprint density at radius 2 is 2.10 bits per heavy atom. The normalized spacial score (nSPS) is 14.6. The lowest BCUT2D eigenvalue weighted by Crippen LogP contribution is -2.34. The third kappa shape index (κ3) is 3.69. The highest BCUT2D eigenvalue weighted by molar-refractivity contribution is 5.51. The largest absolute Gasteiger partial charge is 0.388 e. The molecule has 2 aromatic heterocycles. The number of hydrogen-bond donors (Lipinski definition) is 2. The molecule has 2 aromatic rings. The summed E-state index contributed by atoms with van der Waals surface area (Å²) in [4.78, 5) is 8.51. The Balaban J connectivity index is 2.16. The first-order chi connectivity index (χ1) is 9.80. The summed E-state index contributed by atoms with van der Waals surface area (Å²) in [6.07, 6.45) is 3.26. The molecule has 116 valence electrons. The van der Waals surface area contributed by atoms with E-state index in [1.165, 1.54) is 6.33 Å². The van der Waals surface area contributed by atoms with Gasteiger partial charge >= 0.3 is 0 Å². The van der Waals surface area contributed by atoms with Crippen molar-refractivity contribution in [1.29, 1.82) is 0 Å². The third-order valence-electron chi connectivity index (χ3n) is 3.80. The molecular formula is C15H25N5O. The van der Waals surface area contributed by atoms with Crippen molar-refractivity contribution in [3.8, 4) is 0 Å². The fraction of sp³-hybridized carbons (Fsp3) is 0.667. The molecule has 0 bridgehead atoms. The zero-order chi connectivity index (χ0) is 15.6. The third-order valence-corrected chi connectivity index (χ3v) is 3.80. The van der Waals surface area contributed by atoms with Crippen LogP contribution in [-0.4, -0.2) is 36.8 Å². The molecule has 21 heavy (non-hydrogen) atoms. The van der Waals surface area contributed by atoms with Crippen molar-refractivity contribution < 1.29 is 5.11 Å². The van der Waals surface area contributed by atoms with Crippen molar-refractivity contribution in [3.05, 3.63) is 17.6 Å². The molecule has 0 aliphatic rings. The lowest BCUT2D eigenvalue weighted by molar-refractivity contribution is 0.0585. The number of fused-ring (bicyclic) bond motifs is 1. The molecule has 0 saturated heterocycles. The standard InChI is InChI=1S/C15H25N5O/c1-10(2)6-7-15(5,21)8-16-13-11(3)12(4)19-14-17-9-18-20(13)14/h9-10,16,21H,6-8H2,1-5H3. The van der Waals surface area contributed by atoms with Crippen LogP contribution in [0.1, 0.15) is 44.9 Å². The summed E-state index contributed by atoms with van der Waals surface area (Å²) in [5.74, 6) is 2.01. The Kier molecular flexibility index (Phi) is 4.46. The van der Waals surface area contributed by atoms with Crippen molar-refractivity contribution >= 4 is 11.6 Å². The molecule has 0 spiro atoms. The molecule has 1 atom stereocenters. The van der Waals surface area contributed by atoms with E-state index >= 15 is 0 Å². The first-order valence-corrected chi connectivity index (χ1v) is 7.43. The number of aliphatic hydroxyl groups is 1. The highest BCUT2D eigenvalue weighted by atomic mass is 16.3. The molecule has 0 radical (unpaired) electrons. The second kappa shape index (κ2) is 5.97. The molecule has 2 N–H and O–H groups in total. The SMILES string of the molecule is Cc1nc2ncnn2c(NCC(C)(O)CCC(C)C)c1C. The van der Waals surface area contributed by atoms with Crippen molar-refractivity contribution in [2.45, 2.75) is 53.1 Å². The van der Waals surface area contributed by atoms with Gasteiger partial charge < -0.3 is 10.4 Å². The first-order valence-electron chi connectivity index (χ1n) is 7.43. The fourth-order valence-corrected chi connectivity index (χ4v) is 2.20. The zero-order valence-electron chi connectivity index (χ0n) is 13.5. The molecule has 0 aliphatic heterocycles. The van der Waals surface area contributed by atoms with E-state index in [0.29, 0.717) is 18.2 Å². The van der Waals surface area contributed by atoms with Gasteiger partial charge in [0.25, 0.3) is 5.78 Å². The highest BCUT2D eigenvalue weighted by Crippen LogP contribution is 2.21. The summed E-state index contributed by atoms with van der Waals surface area (Å²) in [7, 11) is 0. The van der Waals surface area contributed by atoms with Crippen LogP contribution in [0.2, 0.25) is 0 Å². The van der Waals surface area contributed by atoms with Crippen molar-refractivity contribution in [2.75, 3.05) is 11.9 Å². The summed E-state index contributed by atoms with van der Waals surface area (Å²) < 4.78 is 1.68. The maximum Gasteiger partial charge on any atom is 0.254 e. The number of aryl methyl sites for hydroxylation is 1. The van der Waals surface area contributed by atoms with Crippen molar-refractivity contribution in [2.24, 2.45) is 5.92 Å². The van der Waals surface area contributed by atoms with Crippen LogP contribution in [0.3, 0.4) is 0 Å². The number of anilines is 1. The van der Waals surface area contributed by atoms with Crippen LogP contribution in [0.5, 0.6) is 0 Å². The Morgan fingerprint density at radius 3 is 2.76 bits per heavy atom. The minimum atomic E-state index is -0.749. The second-order valence-electron chi connectivity index (χ2n) is 6.43. The first kappa shape index (κ1) is 15.7. The number of rotatable bonds is 6. The molecule has 0 aromatic carbocycles. The van der Waals surface area contributed by atoms with E-state index in [9.17, 15) is 5.11 Å². The average molecular weight is 291 g/mol. The minimum Gasteiger partial charge on any atom is -0.388 e. The number of nitrogens with one attached hydrogen (secondary N) is 1. The predicted molar refractivity (Wildman–Crippen MR) is 83.4 cm³/mol. The molecule has 6 heteroatoms. The van der Waals surface area contributed by atoms with Gasteiger partial charge in [0.2, 0.25) is 0 Å². The topological polar surface area (TPSA) is 75.3 Å². The summed E-state index contributed by atoms with van der Waals surface area (Å²) in [6, 6.07) is 0. The average Bonchev–Trinajstić information content (AvgIpc) is 2.85. The number of hydrogen-bond acceptors (Lipinski definition) is 5. The van der Waals surface area contributed by atoms with Gasteiger partial charge in [-0.3, -0.25) is 0 Å². The molecular weight excluding hydrogens is 266 g/mol. The van der Waals surface area contributed by atoms with Gasteiger partial charge in [-0.15, -0.1) is 0 Å². The van der Waals surface area contributed by atoms with E-state index < -0.39 is 5.60 Å². The van der Waals surface area contributed by atoms with E-state index in [1.807, 2.05) is 20.8 Å². The predicted octanol–water partition coefficient (Wildman–Crippen LogP) is 2.34. The molecule has 1 unspecified atom stereocenters. The van der Waals surface area contributed by atoms with Crippen LogP contribution in [0.4, 0.5) is 5.82 Å². The molecule has 2 heterocycles. The monoisotopic (exact) mass is 291 g/mol. The van der Waals surface area contributed by atoms with E-state index in [0.717, 1.165) is 29.9 Å². The summed E-state index contributed by atoms with van der Waals surface area (Å²) in [5.41, 5.74) is 1.19. The van der Waals surface area contributed by atoms with Crippen LogP contribution in [-0.2, 0) is 0 Å². The maximum atomic E-state index is 10.5. The minimum absolute atomic E-state index is 0.471. The molecule has 2 rings (SSSR count). The van der Waals surface area contributed by atoms with E-state index in [2.05, 4.69) is 34.2 Å². The molecule has 0 aliphatic carbocycles. The zero-order valence-corrected chi connectivity index (χ0v) is 13.5. The lowest BCUT2D eigenvalue weighted by Gasteiger charge is -2.25. The maximum absolute atomic E-state index is 10.5. The number of aromatic nitrogens is 4. The summed E-state index contributed by atoms with van der Waals surface area (Å²) in [6.45, 7) is 10.6. The molecule has 0 saturated carbocycles. The van der Waals surface area contributed by atoms with Crippen molar-refractivity contribution in [1.82, 2.24) is 19.6 Å². The Hall–Kier alpha value is -1.69. The van der Waals surface area contributed by atoms with Gasteiger partial charge in [0.1, 0.15) is 12.1 Å². The van der Waals surface area contributed by atoms with Gasteiger partial charge in [-0.2, -0.15) is 14.6 Å². The van der Waals surface area contributed by atoms with E-state index in [-0.39, 0.29) is 0 Å². The lowest BCUT2D eigenvalue weighted by atomic mass is 9.95. The quantitative estimate of drug-likeness (QED) is 0.854. The fourth-order valence-electron chi connectivity index (χ4n) is 2.20. The Labute approximate surface area is 125 Å². The highest BCUT2D eigenvalue weighted by Gasteiger charge is 2.22. The van der Waals surface area contributed by atoms with Gasteiger partial charge in [-0.1, -0.05) is 13.8 Å². The Morgan fingerprint density at radius 1 is 1.38 bits per heavy atom. The summed E-state index contributed by atoms with van der Waals surface area (Å²) in [5, 5.41) is 18.0.